The highest BCUT2D eigenvalue weighted by molar-refractivity contribution is 6.10. The van der Waals surface area contributed by atoms with Crippen molar-refractivity contribution < 1.29 is 14.3 Å². The first-order chi connectivity index (χ1) is 11.2. The number of nitrogens with one attached hydrogen (secondary N) is 1. The monoisotopic (exact) mass is 316 g/mol. The zero-order valence-electron chi connectivity index (χ0n) is 13.6. The molecular weight excluding hydrogens is 292 g/mol. The smallest absolute Gasteiger partial charge is 0.244 e. The van der Waals surface area contributed by atoms with Crippen LogP contribution in [0.1, 0.15) is 39.0 Å². The Morgan fingerprint density at radius 1 is 1.35 bits per heavy atom. The minimum Gasteiger partial charge on any atom is -0.377 e. The van der Waals surface area contributed by atoms with Crippen molar-refractivity contribution in [3.63, 3.8) is 0 Å². The summed E-state index contributed by atoms with van der Waals surface area (Å²) in [6, 6.07) is 7.46. The average Bonchev–Trinajstić information content (AvgIpc) is 3.02. The first kappa shape index (κ1) is 16.0. The van der Waals surface area contributed by atoms with E-state index < -0.39 is 0 Å². The van der Waals surface area contributed by atoms with Gasteiger partial charge in [-0.3, -0.25) is 9.59 Å². The third-order valence-electron chi connectivity index (χ3n) is 4.64. The molecule has 23 heavy (non-hydrogen) atoms. The van der Waals surface area contributed by atoms with Gasteiger partial charge in [0.15, 0.2) is 0 Å². The molecule has 0 aromatic heterocycles. The molecular formula is C18H24N2O3. The molecule has 1 aromatic carbocycles. The van der Waals surface area contributed by atoms with Gasteiger partial charge in [0.05, 0.1) is 23.4 Å². The number of para-hydroxylation sites is 2. The van der Waals surface area contributed by atoms with Crippen LogP contribution in [0.5, 0.6) is 0 Å². The van der Waals surface area contributed by atoms with E-state index in [2.05, 4.69) is 12.2 Å². The highest BCUT2D eigenvalue weighted by Gasteiger charge is 2.38. The van der Waals surface area contributed by atoms with E-state index in [1.54, 1.807) is 4.90 Å². The Morgan fingerprint density at radius 3 is 3.00 bits per heavy atom. The molecule has 3 rings (SSSR count). The molecule has 124 valence electrons. The number of anilines is 2. The van der Waals surface area contributed by atoms with Gasteiger partial charge in [0, 0.05) is 6.61 Å². The fourth-order valence-corrected chi connectivity index (χ4v) is 3.42. The molecule has 1 fully saturated rings. The van der Waals surface area contributed by atoms with Crippen molar-refractivity contribution in [1.82, 2.24) is 0 Å². The van der Waals surface area contributed by atoms with Crippen molar-refractivity contribution in [3.8, 4) is 0 Å². The van der Waals surface area contributed by atoms with Gasteiger partial charge in [0.2, 0.25) is 11.8 Å². The Hall–Kier alpha value is -1.88. The van der Waals surface area contributed by atoms with E-state index in [-0.39, 0.29) is 30.4 Å². The second kappa shape index (κ2) is 7.13. The van der Waals surface area contributed by atoms with Crippen LogP contribution < -0.4 is 10.2 Å². The largest absolute Gasteiger partial charge is 0.377 e. The van der Waals surface area contributed by atoms with Gasteiger partial charge >= 0.3 is 0 Å². The Labute approximate surface area is 137 Å². The van der Waals surface area contributed by atoms with Crippen LogP contribution in [0.15, 0.2) is 24.3 Å². The van der Waals surface area contributed by atoms with Gasteiger partial charge < -0.3 is 15.0 Å². The van der Waals surface area contributed by atoms with E-state index >= 15 is 0 Å². The second-order valence-corrected chi connectivity index (χ2v) is 6.29. The molecule has 0 spiro atoms. The van der Waals surface area contributed by atoms with E-state index in [9.17, 15) is 9.59 Å². The highest BCUT2D eigenvalue weighted by Crippen LogP contribution is 2.35. The predicted octanol–water partition coefficient (Wildman–Crippen LogP) is 2.96. The number of rotatable bonds is 5. The lowest BCUT2D eigenvalue weighted by Crippen LogP contribution is -2.46. The van der Waals surface area contributed by atoms with E-state index in [0.29, 0.717) is 12.3 Å². The molecule has 2 unspecified atom stereocenters. The molecule has 1 heterocycles. The van der Waals surface area contributed by atoms with Gasteiger partial charge in [0.25, 0.3) is 0 Å². The highest BCUT2D eigenvalue weighted by atomic mass is 16.5. The number of carbonyl (C=O) groups excluding carboxylic acids is 2. The van der Waals surface area contributed by atoms with Crippen LogP contribution in [-0.2, 0) is 14.3 Å². The molecule has 0 bridgehead atoms. The molecule has 2 atom stereocenters. The fourth-order valence-electron chi connectivity index (χ4n) is 3.42. The molecule has 0 saturated heterocycles. The molecule has 2 aliphatic rings. The number of unbranched alkanes of at least 4 members (excludes halogenated alkanes) is 1. The molecule has 5 nitrogen and oxygen atoms in total. The number of carbonyl (C=O) groups is 2. The van der Waals surface area contributed by atoms with Crippen molar-refractivity contribution in [3.05, 3.63) is 24.3 Å². The van der Waals surface area contributed by atoms with Crippen molar-refractivity contribution in [2.75, 3.05) is 23.4 Å². The summed E-state index contributed by atoms with van der Waals surface area (Å²) in [5.74, 6) is -0.254. The minimum absolute atomic E-state index is 0.00815. The van der Waals surface area contributed by atoms with Crippen molar-refractivity contribution >= 4 is 23.2 Å². The summed E-state index contributed by atoms with van der Waals surface area (Å²) in [7, 11) is 0. The Balaban J connectivity index is 1.76. The Bertz CT molecular complexity index is 587. The van der Waals surface area contributed by atoms with Crippen LogP contribution in [0.2, 0.25) is 0 Å². The lowest BCUT2D eigenvalue weighted by molar-refractivity contribution is -0.128. The summed E-state index contributed by atoms with van der Waals surface area (Å²) < 4.78 is 5.93. The van der Waals surface area contributed by atoms with Gasteiger partial charge in [0.1, 0.15) is 6.54 Å². The van der Waals surface area contributed by atoms with Gasteiger partial charge in [-0.15, -0.1) is 0 Å². The maximum atomic E-state index is 13.0. The Morgan fingerprint density at radius 2 is 2.17 bits per heavy atom. The first-order valence-electron chi connectivity index (χ1n) is 8.52. The van der Waals surface area contributed by atoms with Gasteiger partial charge in [-0.2, -0.15) is 0 Å². The summed E-state index contributed by atoms with van der Waals surface area (Å²) in [5, 5.41) is 2.82. The number of hydrogen-bond acceptors (Lipinski definition) is 3. The standard InChI is InChI=1S/C18H24N2O3/c1-2-3-11-23-16-10-6-7-13(16)18(22)20-12-17(21)19-14-8-4-5-9-15(14)20/h4-5,8-9,13,16H,2-3,6-7,10-12H2,1H3,(H,19,21). The number of ether oxygens (including phenoxy) is 1. The van der Waals surface area contributed by atoms with Gasteiger partial charge in [-0.25, -0.2) is 0 Å². The summed E-state index contributed by atoms with van der Waals surface area (Å²) in [6.07, 6.45) is 4.88. The maximum absolute atomic E-state index is 13.0. The van der Waals surface area contributed by atoms with E-state index in [1.807, 2.05) is 24.3 Å². The topological polar surface area (TPSA) is 58.6 Å². The quantitative estimate of drug-likeness (QED) is 0.850. The molecule has 0 radical (unpaired) electrons. The average molecular weight is 316 g/mol. The van der Waals surface area contributed by atoms with Crippen molar-refractivity contribution in [1.29, 1.82) is 0 Å². The zero-order valence-corrected chi connectivity index (χ0v) is 13.6. The summed E-state index contributed by atoms with van der Waals surface area (Å²) in [5.41, 5.74) is 1.50. The lowest BCUT2D eigenvalue weighted by Gasteiger charge is -2.32. The molecule has 1 aliphatic carbocycles. The summed E-state index contributed by atoms with van der Waals surface area (Å²) in [6.45, 7) is 2.93. The third kappa shape index (κ3) is 3.39. The van der Waals surface area contributed by atoms with E-state index in [4.69, 9.17) is 4.74 Å². The zero-order chi connectivity index (χ0) is 16.2. The lowest BCUT2D eigenvalue weighted by atomic mass is 10.0. The molecule has 1 aromatic rings. The van der Waals surface area contributed by atoms with Crippen LogP contribution in [0, 0.1) is 5.92 Å². The maximum Gasteiger partial charge on any atom is 0.244 e. The molecule has 1 aliphatic heterocycles. The fraction of sp³-hybridized carbons (Fsp3) is 0.556. The third-order valence-corrected chi connectivity index (χ3v) is 4.64. The number of fused-ring (bicyclic) bond motifs is 1. The summed E-state index contributed by atoms with van der Waals surface area (Å²) in [4.78, 5) is 26.6. The number of nitrogens with zero attached hydrogens (tertiary/aromatic N) is 1. The number of hydrogen-bond donors (Lipinski definition) is 1. The van der Waals surface area contributed by atoms with Crippen molar-refractivity contribution in [2.45, 2.75) is 45.1 Å². The Kier molecular flexibility index (Phi) is 4.96. The van der Waals surface area contributed by atoms with Crippen LogP contribution in [-0.4, -0.2) is 31.1 Å². The minimum atomic E-state index is -0.140. The second-order valence-electron chi connectivity index (χ2n) is 6.29. The normalized spacial score (nSPS) is 23.5. The SMILES string of the molecule is CCCCOC1CCCC1C(=O)N1CC(=O)Nc2ccccc21. The van der Waals surface area contributed by atoms with Gasteiger partial charge in [-0.05, 0) is 37.8 Å². The van der Waals surface area contributed by atoms with E-state index in [0.717, 1.165) is 37.8 Å². The molecule has 1 N–H and O–H groups in total. The number of benzene rings is 1. The van der Waals surface area contributed by atoms with Crippen LogP contribution >= 0.6 is 0 Å². The molecule has 5 heteroatoms. The molecule has 2 amide bonds. The van der Waals surface area contributed by atoms with E-state index in [1.165, 1.54) is 0 Å². The van der Waals surface area contributed by atoms with Crippen LogP contribution in [0.3, 0.4) is 0 Å². The first-order valence-corrected chi connectivity index (χ1v) is 8.52. The number of amides is 2. The predicted molar refractivity (Wildman–Crippen MR) is 89.4 cm³/mol. The van der Waals surface area contributed by atoms with Crippen LogP contribution in [0.4, 0.5) is 11.4 Å². The summed E-state index contributed by atoms with van der Waals surface area (Å²) >= 11 is 0. The van der Waals surface area contributed by atoms with Gasteiger partial charge in [-0.1, -0.05) is 25.5 Å². The van der Waals surface area contributed by atoms with Crippen molar-refractivity contribution in [2.24, 2.45) is 5.92 Å². The van der Waals surface area contributed by atoms with Crippen LogP contribution in [0.25, 0.3) is 0 Å². The molecule has 1 saturated carbocycles.